The fourth-order valence-corrected chi connectivity index (χ4v) is 2.38. The smallest absolute Gasteiger partial charge is 0.238 e. The summed E-state index contributed by atoms with van der Waals surface area (Å²) in [4.78, 5) is 23.3. The van der Waals surface area contributed by atoms with E-state index in [2.05, 4.69) is 10.6 Å². The molecule has 1 aliphatic rings. The second-order valence-electron chi connectivity index (χ2n) is 4.93. The largest absolute Gasteiger partial charge is 0.326 e. The molecule has 1 fully saturated rings. The summed E-state index contributed by atoms with van der Waals surface area (Å²) in [7, 11) is 0. The van der Waals surface area contributed by atoms with Crippen molar-refractivity contribution in [1.82, 2.24) is 0 Å². The molecule has 0 unspecified atom stereocenters. The van der Waals surface area contributed by atoms with Crippen LogP contribution < -0.4 is 10.6 Å². The Balaban J connectivity index is 1.97. The number of carbonyl (C=O) groups excluding carboxylic acids is 2. The molecule has 5 nitrogen and oxygen atoms in total. The Kier molecular flexibility index (Phi) is 4.72. The zero-order valence-electron chi connectivity index (χ0n) is 11.2. The highest BCUT2D eigenvalue weighted by Crippen LogP contribution is 2.26. The second-order valence-corrected chi connectivity index (χ2v) is 4.93. The molecule has 1 aliphatic carbocycles. The van der Waals surface area contributed by atoms with Crippen LogP contribution in [-0.4, -0.2) is 11.8 Å². The van der Waals surface area contributed by atoms with Crippen molar-refractivity contribution in [3.63, 3.8) is 0 Å². The molecular weight excluding hydrogens is 254 g/mol. The van der Waals surface area contributed by atoms with Crippen molar-refractivity contribution in [1.29, 1.82) is 5.26 Å². The van der Waals surface area contributed by atoms with Gasteiger partial charge in [-0.05, 0) is 31.0 Å². The van der Waals surface area contributed by atoms with Crippen molar-refractivity contribution in [2.24, 2.45) is 5.92 Å². The third kappa shape index (κ3) is 3.82. The minimum absolute atomic E-state index is 0.0444. The van der Waals surface area contributed by atoms with Crippen molar-refractivity contribution in [3.8, 4) is 6.07 Å². The highest BCUT2D eigenvalue weighted by Gasteiger charge is 2.22. The van der Waals surface area contributed by atoms with E-state index in [4.69, 9.17) is 5.26 Å². The molecule has 0 spiro atoms. The molecule has 2 rings (SSSR count). The normalized spacial score (nSPS) is 14.6. The highest BCUT2D eigenvalue weighted by atomic mass is 16.2. The van der Waals surface area contributed by atoms with E-state index in [0.717, 1.165) is 25.7 Å². The number of nitriles is 1. The van der Waals surface area contributed by atoms with Crippen molar-refractivity contribution in [2.45, 2.75) is 32.1 Å². The number of benzene rings is 1. The predicted molar refractivity (Wildman–Crippen MR) is 75.9 cm³/mol. The molecule has 0 bridgehead atoms. The van der Waals surface area contributed by atoms with Crippen molar-refractivity contribution in [3.05, 3.63) is 24.3 Å². The first-order valence-electron chi connectivity index (χ1n) is 6.77. The second kappa shape index (κ2) is 6.71. The third-order valence-electron chi connectivity index (χ3n) is 3.38. The number of hydrogen-bond acceptors (Lipinski definition) is 3. The first kappa shape index (κ1) is 14.1. The number of anilines is 2. The summed E-state index contributed by atoms with van der Waals surface area (Å²) in [5.41, 5.74) is 1.24. The molecule has 1 aromatic rings. The van der Waals surface area contributed by atoms with Gasteiger partial charge in [-0.1, -0.05) is 18.9 Å². The molecule has 0 radical (unpaired) electrons. The molecule has 0 aliphatic heterocycles. The van der Waals surface area contributed by atoms with E-state index < -0.39 is 0 Å². The van der Waals surface area contributed by atoms with Crippen molar-refractivity contribution >= 4 is 23.2 Å². The molecule has 0 saturated heterocycles. The Bertz CT molecular complexity index is 542. The number of amides is 2. The van der Waals surface area contributed by atoms with Crippen LogP contribution in [0, 0.1) is 17.2 Å². The summed E-state index contributed by atoms with van der Waals surface area (Å²) >= 11 is 0. The monoisotopic (exact) mass is 271 g/mol. The zero-order chi connectivity index (χ0) is 14.4. The lowest BCUT2D eigenvalue weighted by Crippen LogP contribution is -2.20. The summed E-state index contributed by atoms with van der Waals surface area (Å²) in [6.45, 7) is 0. The summed E-state index contributed by atoms with van der Waals surface area (Å²) in [5, 5.41) is 13.9. The van der Waals surface area contributed by atoms with E-state index in [-0.39, 0.29) is 24.2 Å². The Morgan fingerprint density at radius 1 is 1.20 bits per heavy atom. The molecule has 1 aromatic carbocycles. The zero-order valence-corrected chi connectivity index (χ0v) is 11.2. The number of nitrogens with one attached hydrogen (secondary N) is 2. The topological polar surface area (TPSA) is 82.0 Å². The molecule has 1 saturated carbocycles. The molecule has 20 heavy (non-hydrogen) atoms. The van der Waals surface area contributed by atoms with E-state index in [1.807, 2.05) is 0 Å². The first-order valence-corrected chi connectivity index (χ1v) is 6.77. The highest BCUT2D eigenvalue weighted by molar-refractivity contribution is 5.95. The summed E-state index contributed by atoms with van der Waals surface area (Å²) in [6.07, 6.45) is 3.94. The van der Waals surface area contributed by atoms with Gasteiger partial charge in [0.15, 0.2) is 0 Å². The van der Waals surface area contributed by atoms with Gasteiger partial charge in [-0.15, -0.1) is 0 Å². The molecule has 2 N–H and O–H groups in total. The van der Waals surface area contributed by atoms with Crippen LogP contribution in [0.4, 0.5) is 11.4 Å². The maximum Gasteiger partial charge on any atom is 0.238 e. The minimum atomic E-state index is -0.355. The maximum absolute atomic E-state index is 12.0. The molecular formula is C15H17N3O2. The van der Waals surface area contributed by atoms with Gasteiger partial charge < -0.3 is 10.6 Å². The standard InChI is InChI=1S/C15H17N3O2/c16-9-8-14(19)17-12-6-3-7-13(10-12)18-15(20)11-4-1-2-5-11/h3,6-7,10-11H,1-2,4-5,8H2,(H,17,19)(H,18,20). The van der Waals surface area contributed by atoms with Crippen LogP contribution >= 0.6 is 0 Å². The van der Waals surface area contributed by atoms with Gasteiger partial charge in [0.25, 0.3) is 0 Å². The van der Waals surface area contributed by atoms with E-state index in [0.29, 0.717) is 11.4 Å². The lowest BCUT2D eigenvalue weighted by molar-refractivity contribution is -0.119. The molecule has 2 amide bonds. The van der Waals surface area contributed by atoms with Gasteiger partial charge in [0.05, 0.1) is 6.07 Å². The average molecular weight is 271 g/mol. The number of rotatable bonds is 4. The van der Waals surface area contributed by atoms with Gasteiger partial charge in [-0.3, -0.25) is 9.59 Å². The third-order valence-corrected chi connectivity index (χ3v) is 3.38. The molecule has 0 atom stereocenters. The number of hydrogen-bond donors (Lipinski definition) is 2. The van der Waals surface area contributed by atoms with Gasteiger partial charge in [-0.2, -0.15) is 5.26 Å². The molecule has 104 valence electrons. The van der Waals surface area contributed by atoms with Crippen LogP contribution in [0.2, 0.25) is 0 Å². The van der Waals surface area contributed by atoms with Gasteiger partial charge in [0.2, 0.25) is 11.8 Å². The Morgan fingerprint density at radius 3 is 2.50 bits per heavy atom. The van der Waals surface area contributed by atoms with Gasteiger partial charge in [0, 0.05) is 17.3 Å². The van der Waals surface area contributed by atoms with Crippen molar-refractivity contribution in [2.75, 3.05) is 10.6 Å². The van der Waals surface area contributed by atoms with Gasteiger partial charge >= 0.3 is 0 Å². The molecule has 0 aromatic heterocycles. The Hall–Kier alpha value is -2.35. The fraction of sp³-hybridized carbons (Fsp3) is 0.400. The van der Waals surface area contributed by atoms with E-state index >= 15 is 0 Å². The van der Waals surface area contributed by atoms with E-state index in [9.17, 15) is 9.59 Å². The van der Waals surface area contributed by atoms with Crippen LogP contribution in [0.1, 0.15) is 32.1 Å². The summed E-state index contributed by atoms with van der Waals surface area (Å²) in [5.74, 6) is -0.207. The quantitative estimate of drug-likeness (QED) is 0.883. The minimum Gasteiger partial charge on any atom is -0.326 e. The van der Waals surface area contributed by atoms with E-state index in [1.165, 1.54) is 0 Å². The summed E-state index contributed by atoms with van der Waals surface area (Å²) in [6, 6.07) is 8.75. The fourth-order valence-electron chi connectivity index (χ4n) is 2.38. The lowest BCUT2D eigenvalue weighted by atomic mass is 10.1. The lowest BCUT2D eigenvalue weighted by Gasteiger charge is -2.11. The molecule has 0 heterocycles. The SMILES string of the molecule is N#CCC(=O)Nc1cccc(NC(=O)C2CCCC2)c1. The average Bonchev–Trinajstić information content (AvgIpc) is 2.93. The van der Waals surface area contributed by atoms with E-state index in [1.54, 1.807) is 30.3 Å². The van der Waals surface area contributed by atoms with Crippen LogP contribution in [0.15, 0.2) is 24.3 Å². The van der Waals surface area contributed by atoms with Crippen LogP contribution in [0.5, 0.6) is 0 Å². The van der Waals surface area contributed by atoms with Crippen molar-refractivity contribution < 1.29 is 9.59 Å². The predicted octanol–water partition coefficient (Wildman–Crippen LogP) is 2.67. The maximum atomic E-state index is 12.0. The summed E-state index contributed by atoms with van der Waals surface area (Å²) < 4.78 is 0. The Morgan fingerprint density at radius 2 is 1.85 bits per heavy atom. The first-order chi connectivity index (χ1) is 9.69. The number of nitrogens with zero attached hydrogens (tertiary/aromatic N) is 1. The van der Waals surface area contributed by atoms with Gasteiger partial charge in [0.1, 0.15) is 6.42 Å². The number of carbonyl (C=O) groups is 2. The van der Waals surface area contributed by atoms with Crippen LogP contribution in [-0.2, 0) is 9.59 Å². The van der Waals surface area contributed by atoms with Gasteiger partial charge in [-0.25, -0.2) is 0 Å². The van der Waals surface area contributed by atoms with Crippen LogP contribution in [0.25, 0.3) is 0 Å². The van der Waals surface area contributed by atoms with Crippen LogP contribution in [0.3, 0.4) is 0 Å². The Labute approximate surface area is 118 Å². The molecule has 5 heteroatoms.